The van der Waals surface area contributed by atoms with Gasteiger partial charge < -0.3 is 0 Å². The van der Waals surface area contributed by atoms with E-state index >= 15 is 0 Å². The molecular weight excluding hydrogens is 280 g/mol. The maximum Gasteiger partial charge on any atom is 0.160 e. The van der Waals surface area contributed by atoms with Gasteiger partial charge in [0.15, 0.2) is 5.82 Å². The second kappa shape index (κ2) is 6.11. The normalized spacial score (nSPS) is 21.4. The molecule has 2 heteroatoms. The molecule has 1 aliphatic rings. The van der Waals surface area contributed by atoms with Crippen LogP contribution < -0.4 is 0 Å². The maximum atomic E-state index is 5.03. The molecule has 1 heterocycles. The van der Waals surface area contributed by atoms with E-state index in [9.17, 15) is 0 Å². The minimum atomic E-state index is 0.555. The fraction of sp³-hybridized carbons (Fsp3) is 0.333. The zero-order valence-corrected chi connectivity index (χ0v) is 13.6. The molecule has 1 aromatic heterocycles. The highest BCUT2D eigenvalue weighted by Gasteiger charge is 2.26. The fourth-order valence-corrected chi connectivity index (χ4v) is 3.82. The topological polar surface area (TPSA) is 25.8 Å². The van der Waals surface area contributed by atoms with Crippen molar-refractivity contribution >= 4 is 10.9 Å². The molecule has 0 saturated heterocycles. The summed E-state index contributed by atoms with van der Waals surface area (Å²) < 4.78 is 0. The van der Waals surface area contributed by atoms with Crippen LogP contribution in [0, 0.1) is 5.92 Å². The van der Waals surface area contributed by atoms with Crippen molar-refractivity contribution in [2.45, 2.75) is 38.5 Å². The van der Waals surface area contributed by atoms with Gasteiger partial charge in [0.05, 0.1) is 11.2 Å². The Morgan fingerprint density at radius 1 is 0.826 bits per heavy atom. The van der Waals surface area contributed by atoms with E-state index in [0.717, 1.165) is 16.9 Å². The van der Waals surface area contributed by atoms with Crippen LogP contribution >= 0.6 is 0 Å². The molecule has 116 valence electrons. The Hall–Kier alpha value is -2.22. The van der Waals surface area contributed by atoms with Crippen molar-refractivity contribution in [1.82, 2.24) is 9.97 Å². The van der Waals surface area contributed by atoms with Gasteiger partial charge in [0.1, 0.15) is 0 Å². The molecule has 0 amide bonds. The second-order valence-electron chi connectivity index (χ2n) is 6.68. The van der Waals surface area contributed by atoms with Gasteiger partial charge >= 0.3 is 0 Å². The van der Waals surface area contributed by atoms with E-state index in [-0.39, 0.29) is 0 Å². The van der Waals surface area contributed by atoms with Gasteiger partial charge in [-0.2, -0.15) is 0 Å². The van der Waals surface area contributed by atoms with Crippen LogP contribution in [-0.2, 0) is 0 Å². The number of rotatable bonds is 2. The molecule has 0 aliphatic heterocycles. The molecule has 3 aromatic rings. The highest BCUT2D eigenvalue weighted by Crippen LogP contribution is 2.39. The highest BCUT2D eigenvalue weighted by molar-refractivity contribution is 5.83. The van der Waals surface area contributed by atoms with Crippen molar-refractivity contribution in [2.75, 3.05) is 0 Å². The Kier molecular flexibility index (Phi) is 3.82. The van der Waals surface area contributed by atoms with Crippen molar-refractivity contribution in [3.05, 3.63) is 60.3 Å². The molecular formula is C21H22N2. The van der Waals surface area contributed by atoms with Crippen molar-refractivity contribution < 1.29 is 0 Å². The lowest BCUT2D eigenvalue weighted by molar-refractivity contribution is 0.327. The third-order valence-corrected chi connectivity index (χ3v) is 5.13. The molecule has 2 atom stereocenters. The molecule has 2 nitrogen and oxygen atoms in total. The van der Waals surface area contributed by atoms with Gasteiger partial charge in [0.2, 0.25) is 0 Å². The molecule has 0 spiro atoms. The summed E-state index contributed by atoms with van der Waals surface area (Å²) in [5.41, 5.74) is 3.42. The molecule has 1 saturated carbocycles. The van der Waals surface area contributed by atoms with E-state index in [1.54, 1.807) is 0 Å². The molecule has 4 rings (SSSR count). The Morgan fingerprint density at radius 2 is 1.57 bits per heavy atom. The lowest BCUT2D eigenvalue weighted by atomic mass is 9.77. The van der Waals surface area contributed by atoms with Gasteiger partial charge in [0.25, 0.3) is 0 Å². The monoisotopic (exact) mass is 302 g/mol. The highest BCUT2D eigenvalue weighted by atomic mass is 14.9. The van der Waals surface area contributed by atoms with E-state index in [0.29, 0.717) is 11.8 Å². The molecule has 23 heavy (non-hydrogen) atoms. The number of hydrogen-bond donors (Lipinski definition) is 0. The zero-order valence-electron chi connectivity index (χ0n) is 13.6. The fourth-order valence-electron chi connectivity index (χ4n) is 3.82. The van der Waals surface area contributed by atoms with E-state index in [1.165, 1.54) is 36.8 Å². The van der Waals surface area contributed by atoms with E-state index < -0.39 is 0 Å². The lowest BCUT2D eigenvalue weighted by Gasteiger charge is -2.29. The molecule has 0 unspecified atom stereocenters. The number of hydrogen-bond acceptors (Lipinski definition) is 2. The predicted octanol–water partition coefficient (Wildman–Crippen LogP) is 5.59. The third kappa shape index (κ3) is 2.74. The van der Waals surface area contributed by atoms with E-state index in [2.05, 4.69) is 55.5 Å². The number of fused-ring (bicyclic) bond motifs is 1. The minimum absolute atomic E-state index is 0.555. The smallest absolute Gasteiger partial charge is 0.160 e. The summed E-state index contributed by atoms with van der Waals surface area (Å²) >= 11 is 0. The van der Waals surface area contributed by atoms with E-state index in [1.807, 2.05) is 6.07 Å². The van der Waals surface area contributed by atoms with Gasteiger partial charge in [-0.15, -0.1) is 0 Å². The van der Waals surface area contributed by atoms with Gasteiger partial charge in [-0.25, -0.2) is 9.97 Å². The zero-order chi connectivity index (χ0) is 15.6. The molecule has 1 aliphatic carbocycles. The second-order valence-corrected chi connectivity index (χ2v) is 6.68. The first-order chi connectivity index (χ1) is 11.3. The summed E-state index contributed by atoms with van der Waals surface area (Å²) in [6.07, 6.45) is 5.22. The van der Waals surface area contributed by atoms with Gasteiger partial charge in [0, 0.05) is 16.9 Å². The van der Waals surface area contributed by atoms with Crippen LogP contribution in [0.25, 0.3) is 22.3 Å². The number of aromatic nitrogens is 2. The lowest BCUT2D eigenvalue weighted by Crippen LogP contribution is -2.17. The summed E-state index contributed by atoms with van der Waals surface area (Å²) in [4.78, 5) is 9.85. The Balaban J connectivity index is 1.91. The quantitative estimate of drug-likeness (QED) is 0.616. The first kappa shape index (κ1) is 14.4. The van der Waals surface area contributed by atoms with Gasteiger partial charge in [-0.1, -0.05) is 74.7 Å². The average molecular weight is 302 g/mol. The van der Waals surface area contributed by atoms with Crippen LogP contribution in [0.15, 0.2) is 54.6 Å². The van der Waals surface area contributed by atoms with Crippen molar-refractivity contribution in [1.29, 1.82) is 0 Å². The minimum Gasteiger partial charge on any atom is -0.232 e. The third-order valence-electron chi connectivity index (χ3n) is 5.13. The van der Waals surface area contributed by atoms with Gasteiger partial charge in [-0.05, 0) is 18.4 Å². The number of benzene rings is 2. The van der Waals surface area contributed by atoms with Gasteiger partial charge in [-0.3, -0.25) is 0 Å². The van der Waals surface area contributed by atoms with Crippen LogP contribution in [0.4, 0.5) is 0 Å². The molecule has 0 radical (unpaired) electrons. The van der Waals surface area contributed by atoms with Crippen LogP contribution in [0.2, 0.25) is 0 Å². The van der Waals surface area contributed by atoms with Crippen LogP contribution in [0.5, 0.6) is 0 Å². The maximum absolute atomic E-state index is 5.03. The molecule has 2 aromatic carbocycles. The van der Waals surface area contributed by atoms with Crippen LogP contribution in [0.1, 0.15) is 44.2 Å². The average Bonchev–Trinajstić information content (AvgIpc) is 2.62. The Bertz CT molecular complexity index is 810. The summed E-state index contributed by atoms with van der Waals surface area (Å²) in [5, 5.41) is 1.23. The van der Waals surface area contributed by atoms with Crippen molar-refractivity contribution in [3.63, 3.8) is 0 Å². The molecule has 1 fully saturated rings. The molecule has 0 N–H and O–H groups in total. The predicted molar refractivity (Wildman–Crippen MR) is 95.3 cm³/mol. The SMILES string of the molecule is C[C@@H]1CCCC[C@H]1c1nc(-c2ccccc2)nc2ccccc12. The Labute approximate surface area is 137 Å². The van der Waals surface area contributed by atoms with E-state index in [4.69, 9.17) is 9.97 Å². The standard InChI is InChI=1S/C21H22N2/c1-15-9-5-6-12-17(15)20-18-13-7-8-14-19(18)22-21(23-20)16-10-3-2-4-11-16/h2-4,7-8,10-11,13-15,17H,5-6,9,12H2,1H3/t15-,17-/m1/s1. The van der Waals surface area contributed by atoms with Crippen LogP contribution in [-0.4, -0.2) is 9.97 Å². The Morgan fingerprint density at radius 3 is 2.39 bits per heavy atom. The summed E-state index contributed by atoms with van der Waals surface area (Å²) in [6.45, 7) is 2.38. The summed E-state index contributed by atoms with van der Waals surface area (Å²) in [7, 11) is 0. The number of nitrogens with zero attached hydrogens (tertiary/aromatic N) is 2. The van der Waals surface area contributed by atoms with Crippen molar-refractivity contribution in [3.8, 4) is 11.4 Å². The largest absolute Gasteiger partial charge is 0.232 e. The first-order valence-electron chi connectivity index (χ1n) is 8.65. The molecule has 0 bridgehead atoms. The van der Waals surface area contributed by atoms with Crippen molar-refractivity contribution in [2.24, 2.45) is 5.92 Å². The summed E-state index contributed by atoms with van der Waals surface area (Å²) in [5.74, 6) is 2.11. The summed E-state index contributed by atoms with van der Waals surface area (Å²) in [6, 6.07) is 18.8. The first-order valence-corrected chi connectivity index (χ1v) is 8.65. The number of para-hydroxylation sites is 1. The van der Waals surface area contributed by atoms with Crippen LogP contribution in [0.3, 0.4) is 0 Å².